The molecule has 6 nitrogen and oxygen atoms in total. The molecule has 0 heterocycles. The molecule has 0 aliphatic heterocycles. The second-order valence-electron chi connectivity index (χ2n) is 3.78. The third kappa shape index (κ3) is 7.77. The molecule has 0 fully saturated rings. The van der Waals surface area contributed by atoms with E-state index in [0.29, 0.717) is 11.3 Å². The minimum Gasteiger partial charge on any atom is -0.870 e. The molecule has 0 aliphatic rings. The van der Waals surface area contributed by atoms with Gasteiger partial charge in [-0.05, 0) is 32.0 Å². The van der Waals surface area contributed by atoms with Crippen molar-refractivity contribution in [1.29, 1.82) is 0 Å². The van der Waals surface area contributed by atoms with Crippen LogP contribution in [0.3, 0.4) is 0 Å². The van der Waals surface area contributed by atoms with Crippen molar-refractivity contribution in [2.45, 2.75) is 13.8 Å². The van der Waals surface area contributed by atoms with Crippen LogP contribution in [-0.2, 0) is 9.53 Å². The molecule has 0 unspecified atom stereocenters. The molecule has 20 heavy (non-hydrogen) atoms. The van der Waals surface area contributed by atoms with Crippen molar-refractivity contribution in [2.24, 2.45) is 0 Å². The van der Waals surface area contributed by atoms with Crippen molar-refractivity contribution in [2.75, 3.05) is 12.4 Å². The van der Waals surface area contributed by atoms with Gasteiger partial charge in [0, 0.05) is 11.8 Å². The van der Waals surface area contributed by atoms with Crippen molar-refractivity contribution in [3.8, 4) is 0 Å². The molecule has 0 spiro atoms. The van der Waals surface area contributed by atoms with Crippen molar-refractivity contribution < 1.29 is 44.1 Å². The summed E-state index contributed by atoms with van der Waals surface area (Å²) in [6.07, 6.45) is 1.49. The molecule has 1 rings (SSSR count). The van der Waals surface area contributed by atoms with E-state index >= 15 is 0 Å². The first kappa shape index (κ1) is 23.5. The molecule has 0 saturated heterocycles. The Balaban J connectivity index is -0.000000963. The van der Waals surface area contributed by atoms with Crippen LogP contribution in [-0.4, -0.2) is 29.9 Å². The summed E-state index contributed by atoms with van der Waals surface area (Å²) >= 11 is 0. The van der Waals surface area contributed by atoms with Gasteiger partial charge in [-0.25, -0.2) is 4.79 Å². The predicted octanol–water partition coefficient (Wildman–Crippen LogP) is -1.62. The fourth-order valence-corrected chi connectivity index (χ4v) is 1.28. The van der Waals surface area contributed by atoms with E-state index in [1.165, 1.54) is 13.2 Å². The van der Waals surface area contributed by atoms with Gasteiger partial charge in [0.2, 0.25) is 5.91 Å². The maximum Gasteiger partial charge on any atom is 1.00 e. The van der Waals surface area contributed by atoms with Crippen molar-refractivity contribution in [1.82, 2.24) is 0 Å². The summed E-state index contributed by atoms with van der Waals surface area (Å²) in [7, 11) is 1.32. The number of amides is 1. The topological polar surface area (TPSA) is 117 Å². The van der Waals surface area contributed by atoms with Gasteiger partial charge in [-0.15, -0.1) is 0 Å². The van der Waals surface area contributed by atoms with E-state index in [-0.39, 0.29) is 35.7 Å². The number of benzene rings is 1. The number of carbonyl (C=O) groups is 2. The second-order valence-corrected chi connectivity index (χ2v) is 3.78. The van der Waals surface area contributed by atoms with E-state index in [4.69, 9.17) is 0 Å². The number of nitrogens with one attached hydrogen (secondary N) is 1. The zero-order chi connectivity index (χ0) is 12.8. The molecule has 7 heteroatoms. The summed E-state index contributed by atoms with van der Waals surface area (Å²) in [6.45, 7) is 3.68. The van der Waals surface area contributed by atoms with E-state index in [1.807, 2.05) is 13.8 Å². The molecule has 1 amide bonds. The number of anilines is 1. The average molecular weight is 275 g/mol. The Bertz CT molecular complexity index is 470. The average Bonchev–Trinajstić information content (AvgIpc) is 2.27. The van der Waals surface area contributed by atoms with E-state index in [1.54, 1.807) is 24.3 Å². The molecule has 1 aromatic rings. The first-order chi connectivity index (χ1) is 8.02. The van der Waals surface area contributed by atoms with E-state index in [0.717, 1.165) is 5.57 Å². The van der Waals surface area contributed by atoms with Gasteiger partial charge in [0.1, 0.15) is 0 Å². The fraction of sp³-hybridized carbons (Fsp3) is 0.231. The van der Waals surface area contributed by atoms with E-state index in [9.17, 15) is 9.59 Å². The number of esters is 1. The van der Waals surface area contributed by atoms with Crippen LogP contribution < -0.4 is 24.2 Å². The largest absolute Gasteiger partial charge is 1.00 e. The molecule has 0 aliphatic carbocycles. The number of methoxy groups -OCH3 is 1. The first-order valence-corrected chi connectivity index (χ1v) is 5.17. The Hall–Kier alpha value is -1.58. The Labute approximate surface area is 130 Å². The van der Waals surface area contributed by atoms with Crippen LogP contribution in [0.15, 0.2) is 35.9 Å². The molecule has 0 radical (unpaired) electrons. The van der Waals surface area contributed by atoms with Gasteiger partial charge in [0.05, 0.1) is 12.7 Å². The van der Waals surface area contributed by atoms with Crippen LogP contribution in [0.4, 0.5) is 5.69 Å². The zero-order valence-corrected chi connectivity index (χ0v) is 12.1. The minimum absolute atomic E-state index is 0. The SMILES string of the molecule is COC(=O)c1cccc(NC(=O)C=C(C)C)c1.O.[Li+].[OH-]. The van der Waals surface area contributed by atoms with Crippen molar-refractivity contribution in [3.63, 3.8) is 0 Å². The Morgan fingerprint density at radius 1 is 1.25 bits per heavy atom. The summed E-state index contributed by atoms with van der Waals surface area (Å²) in [5.41, 5.74) is 1.88. The summed E-state index contributed by atoms with van der Waals surface area (Å²) in [6, 6.07) is 6.60. The molecular formula is C13H18LiNO5. The van der Waals surface area contributed by atoms with Crippen LogP contribution >= 0.6 is 0 Å². The van der Waals surface area contributed by atoms with Gasteiger partial charge < -0.3 is 21.0 Å². The maximum atomic E-state index is 11.5. The Kier molecular flexibility index (Phi) is 13.2. The molecule has 0 aromatic heterocycles. The molecule has 4 N–H and O–H groups in total. The summed E-state index contributed by atoms with van der Waals surface area (Å²) in [4.78, 5) is 22.8. The zero-order valence-electron chi connectivity index (χ0n) is 12.1. The number of rotatable bonds is 3. The number of hydrogen-bond donors (Lipinski definition) is 1. The summed E-state index contributed by atoms with van der Waals surface area (Å²) in [5.74, 6) is -0.643. The normalized spacial score (nSPS) is 7.95. The molecule has 1 aromatic carbocycles. The van der Waals surface area contributed by atoms with E-state index < -0.39 is 5.97 Å². The van der Waals surface area contributed by atoms with Gasteiger partial charge in [-0.1, -0.05) is 11.6 Å². The molecule has 0 atom stereocenters. The second kappa shape index (κ2) is 11.3. The first-order valence-electron chi connectivity index (χ1n) is 5.17. The van der Waals surface area contributed by atoms with Gasteiger partial charge in [-0.3, -0.25) is 4.79 Å². The van der Waals surface area contributed by atoms with Crippen molar-refractivity contribution in [3.05, 3.63) is 41.5 Å². The van der Waals surface area contributed by atoms with Crippen LogP contribution in [0.5, 0.6) is 0 Å². The van der Waals surface area contributed by atoms with E-state index in [2.05, 4.69) is 10.1 Å². The predicted molar refractivity (Wildman–Crippen MR) is 71.4 cm³/mol. The van der Waals surface area contributed by atoms with Crippen LogP contribution in [0.1, 0.15) is 24.2 Å². The minimum atomic E-state index is -0.427. The Morgan fingerprint density at radius 3 is 2.35 bits per heavy atom. The summed E-state index contributed by atoms with van der Waals surface area (Å²) < 4.78 is 4.60. The van der Waals surface area contributed by atoms with Crippen LogP contribution in [0, 0.1) is 0 Å². The third-order valence-corrected chi connectivity index (χ3v) is 1.97. The monoisotopic (exact) mass is 275 g/mol. The van der Waals surface area contributed by atoms with Crippen LogP contribution in [0.2, 0.25) is 0 Å². The smallest absolute Gasteiger partial charge is 0.870 e. The van der Waals surface area contributed by atoms with Gasteiger partial charge in [0.25, 0.3) is 0 Å². The number of ether oxygens (including phenoxy) is 1. The molecule has 106 valence electrons. The van der Waals surface area contributed by atoms with Gasteiger partial charge in [0.15, 0.2) is 0 Å². The standard InChI is InChI=1S/C13H15NO3.Li.2H2O/c1-9(2)7-12(15)14-11-6-4-5-10(8-11)13(16)17-3;;;/h4-8H,1-3H3,(H,14,15);;2*1H2/q;+1;;/p-1. The fourth-order valence-electron chi connectivity index (χ4n) is 1.28. The Morgan fingerprint density at radius 2 is 1.85 bits per heavy atom. The molecular weight excluding hydrogens is 257 g/mol. The van der Waals surface area contributed by atoms with Gasteiger partial charge in [-0.2, -0.15) is 0 Å². The third-order valence-electron chi connectivity index (χ3n) is 1.97. The summed E-state index contributed by atoms with van der Waals surface area (Å²) in [5, 5.41) is 2.67. The quantitative estimate of drug-likeness (QED) is 0.405. The van der Waals surface area contributed by atoms with Crippen molar-refractivity contribution >= 4 is 17.6 Å². The molecule has 0 bridgehead atoms. The van der Waals surface area contributed by atoms with Crippen LogP contribution in [0.25, 0.3) is 0 Å². The number of hydrogen-bond acceptors (Lipinski definition) is 4. The maximum absolute atomic E-state index is 11.5. The number of carbonyl (C=O) groups excluding carboxylic acids is 2. The molecule has 0 saturated carbocycles. The number of allylic oxidation sites excluding steroid dienone is 1. The van der Waals surface area contributed by atoms with Gasteiger partial charge >= 0.3 is 24.8 Å².